The minimum Gasteiger partial charge on any atom is -0.497 e. The van der Waals surface area contributed by atoms with Crippen LogP contribution in [0.2, 0.25) is 0 Å². The standard InChI is InChI=1S/C20H17N3O4S/c1-25-14-7-4-6-13(10-14)21-19(24)23-20-22-15(11-28-20)17-9-12-5-3-8-16(26-2)18(12)27-17/h3-11H,1-2H3,(H2,21,22,23,24). The SMILES string of the molecule is COc1cccc(NC(=O)Nc2nc(-c3cc4cccc(OC)c4o3)cs2)c1. The number of nitrogens with zero attached hydrogens (tertiary/aromatic N) is 1. The zero-order valence-electron chi connectivity index (χ0n) is 15.2. The Morgan fingerprint density at radius 1 is 1.07 bits per heavy atom. The Kier molecular flexibility index (Phi) is 4.86. The molecule has 2 aromatic heterocycles. The summed E-state index contributed by atoms with van der Waals surface area (Å²) < 4.78 is 16.4. The topological polar surface area (TPSA) is 85.6 Å². The number of benzene rings is 2. The molecule has 142 valence electrons. The summed E-state index contributed by atoms with van der Waals surface area (Å²) in [4.78, 5) is 16.6. The number of methoxy groups -OCH3 is 2. The second-order valence-corrected chi connectivity index (χ2v) is 6.70. The van der Waals surface area contributed by atoms with Crippen molar-refractivity contribution in [3.8, 4) is 23.0 Å². The van der Waals surface area contributed by atoms with Crippen LogP contribution in [-0.2, 0) is 0 Å². The van der Waals surface area contributed by atoms with Gasteiger partial charge in [0.05, 0.1) is 14.2 Å². The van der Waals surface area contributed by atoms with Crippen molar-refractivity contribution >= 4 is 39.2 Å². The second kappa shape index (κ2) is 7.61. The summed E-state index contributed by atoms with van der Waals surface area (Å²) >= 11 is 1.31. The van der Waals surface area contributed by atoms with E-state index in [2.05, 4.69) is 15.6 Å². The van der Waals surface area contributed by atoms with Crippen LogP contribution in [0.25, 0.3) is 22.4 Å². The van der Waals surface area contributed by atoms with E-state index in [1.165, 1.54) is 11.3 Å². The molecule has 0 aliphatic heterocycles. The molecule has 4 rings (SSSR count). The average Bonchev–Trinajstić information content (AvgIpc) is 3.34. The molecule has 28 heavy (non-hydrogen) atoms. The lowest BCUT2D eigenvalue weighted by atomic mass is 10.2. The molecular formula is C20H17N3O4S. The molecule has 0 aliphatic carbocycles. The Morgan fingerprint density at radius 2 is 1.93 bits per heavy atom. The van der Waals surface area contributed by atoms with E-state index in [-0.39, 0.29) is 6.03 Å². The van der Waals surface area contributed by atoms with Gasteiger partial charge in [-0.3, -0.25) is 5.32 Å². The number of nitrogens with one attached hydrogen (secondary N) is 2. The van der Waals surface area contributed by atoms with E-state index in [9.17, 15) is 4.79 Å². The molecule has 0 spiro atoms. The molecule has 7 nitrogen and oxygen atoms in total. The fraction of sp³-hybridized carbons (Fsp3) is 0.100. The van der Waals surface area contributed by atoms with Crippen LogP contribution >= 0.6 is 11.3 Å². The Bertz CT molecular complexity index is 1140. The van der Waals surface area contributed by atoms with Gasteiger partial charge in [0.25, 0.3) is 0 Å². The molecule has 0 unspecified atom stereocenters. The number of amides is 2. The second-order valence-electron chi connectivity index (χ2n) is 5.84. The number of fused-ring (bicyclic) bond motifs is 1. The first-order valence-electron chi connectivity index (χ1n) is 8.41. The van der Waals surface area contributed by atoms with E-state index in [1.54, 1.807) is 38.5 Å². The summed E-state index contributed by atoms with van der Waals surface area (Å²) in [6.45, 7) is 0. The zero-order valence-corrected chi connectivity index (χ0v) is 16.0. The molecule has 2 amide bonds. The molecule has 0 aliphatic rings. The monoisotopic (exact) mass is 395 g/mol. The van der Waals surface area contributed by atoms with Gasteiger partial charge in [-0.2, -0.15) is 0 Å². The largest absolute Gasteiger partial charge is 0.497 e. The Labute approximate surface area is 164 Å². The predicted octanol–water partition coefficient (Wildman–Crippen LogP) is 5.22. The fourth-order valence-corrected chi connectivity index (χ4v) is 3.42. The number of urea groups is 1. The number of hydrogen-bond acceptors (Lipinski definition) is 6. The summed E-state index contributed by atoms with van der Waals surface area (Å²) in [6, 6.07) is 14.3. The number of rotatable bonds is 5. The molecule has 8 heteroatoms. The highest BCUT2D eigenvalue weighted by Crippen LogP contribution is 2.34. The predicted molar refractivity (Wildman–Crippen MR) is 110 cm³/mol. The number of anilines is 2. The molecule has 2 aromatic carbocycles. The number of carbonyl (C=O) groups is 1. The quantitative estimate of drug-likeness (QED) is 0.484. The van der Waals surface area contributed by atoms with E-state index < -0.39 is 0 Å². The maximum atomic E-state index is 12.2. The van der Waals surface area contributed by atoms with Crippen LogP contribution in [0.4, 0.5) is 15.6 Å². The van der Waals surface area contributed by atoms with Crippen LogP contribution in [-0.4, -0.2) is 25.2 Å². The lowest BCUT2D eigenvalue weighted by Crippen LogP contribution is -2.19. The van der Waals surface area contributed by atoms with Crippen molar-refractivity contribution in [1.82, 2.24) is 4.98 Å². The molecule has 2 N–H and O–H groups in total. The minimum absolute atomic E-state index is 0.388. The Morgan fingerprint density at radius 3 is 2.75 bits per heavy atom. The maximum absolute atomic E-state index is 12.2. The number of para-hydroxylation sites is 1. The first-order valence-corrected chi connectivity index (χ1v) is 9.29. The van der Waals surface area contributed by atoms with E-state index >= 15 is 0 Å². The first kappa shape index (κ1) is 17.9. The van der Waals surface area contributed by atoms with Gasteiger partial charge in [-0.1, -0.05) is 18.2 Å². The summed E-state index contributed by atoms with van der Waals surface area (Å²) in [7, 11) is 3.17. The summed E-state index contributed by atoms with van der Waals surface area (Å²) in [6.07, 6.45) is 0. The molecule has 0 atom stereocenters. The molecule has 2 heterocycles. The van der Waals surface area contributed by atoms with Crippen LogP contribution in [0, 0.1) is 0 Å². The van der Waals surface area contributed by atoms with E-state index in [1.807, 2.05) is 29.6 Å². The van der Waals surface area contributed by atoms with Gasteiger partial charge in [-0.05, 0) is 24.3 Å². The Hall–Kier alpha value is -3.52. The smallest absolute Gasteiger partial charge is 0.325 e. The molecule has 0 saturated heterocycles. The summed E-state index contributed by atoms with van der Waals surface area (Å²) in [5.74, 6) is 1.93. The van der Waals surface area contributed by atoms with Crippen molar-refractivity contribution < 1.29 is 18.7 Å². The zero-order chi connectivity index (χ0) is 19.5. The van der Waals surface area contributed by atoms with E-state index in [0.717, 1.165) is 5.39 Å². The number of aromatic nitrogens is 1. The van der Waals surface area contributed by atoms with Crippen molar-refractivity contribution in [3.63, 3.8) is 0 Å². The molecule has 0 bridgehead atoms. The van der Waals surface area contributed by atoms with Crippen LogP contribution < -0.4 is 20.1 Å². The maximum Gasteiger partial charge on any atom is 0.325 e. The highest BCUT2D eigenvalue weighted by Gasteiger charge is 2.14. The van der Waals surface area contributed by atoms with Gasteiger partial charge in [-0.25, -0.2) is 9.78 Å². The molecule has 4 aromatic rings. The van der Waals surface area contributed by atoms with Gasteiger partial charge in [0.15, 0.2) is 22.2 Å². The number of furan rings is 1. The third-order valence-corrected chi connectivity index (χ3v) is 4.79. The summed E-state index contributed by atoms with van der Waals surface area (Å²) in [5.41, 5.74) is 1.93. The van der Waals surface area contributed by atoms with Crippen molar-refractivity contribution in [1.29, 1.82) is 0 Å². The number of ether oxygens (including phenoxy) is 2. The summed E-state index contributed by atoms with van der Waals surface area (Å²) in [5, 5.41) is 8.68. The van der Waals surface area contributed by atoms with Crippen molar-refractivity contribution in [2.24, 2.45) is 0 Å². The van der Waals surface area contributed by atoms with Gasteiger partial charge >= 0.3 is 6.03 Å². The van der Waals surface area contributed by atoms with Gasteiger partial charge in [-0.15, -0.1) is 11.3 Å². The average molecular weight is 395 g/mol. The third-order valence-electron chi connectivity index (χ3n) is 4.03. The number of hydrogen-bond donors (Lipinski definition) is 2. The normalized spacial score (nSPS) is 10.6. The van der Waals surface area contributed by atoms with Gasteiger partial charge in [0.2, 0.25) is 0 Å². The first-order chi connectivity index (χ1) is 13.7. The lowest BCUT2D eigenvalue weighted by molar-refractivity contribution is 0.262. The van der Waals surface area contributed by atoms with Crippen LogP contribution in [0.3, 0.4) is 0 Å². The van der Waals surface area contributed by atoms with Crippen molar-refractivity contribution in [2.45, 2.75) is 0 Å². The van der Waals surface area contributed by atoms with E-state index in [0.29, 0.717) is 39.4 Å². The minimum atomic E-state index is -0.388. The van der Waals surface area contributed by atoms with Crippen molar-refractivity contribution in [2.75, 3.05) is 24.9 Å². The van der Waals surface area contributed by atoms with Gasteiger partial charge in [0.1, 0.15) is 11.4 Å². The van der Waals surface area contributed by atoms with Crippen LogP contribution in [0.15, 0.2) is 58.3 Å². The Balaban J connectivity index is 1.49. The number of thiazole rings is 1. The molecule has 0 fully saturated rings. The van der Waals surface area contributed by atoms with Crippen molar-refractivity contribution in [3.05, 3.63) is 53.9 Å². The van der Waals surface area contributed by atoms with Crippen LogP contribution in [0.1, 0.15) is 0 Å². The fourth-order valence-electron chi connectivity index (χ4n) is 2.73. The third kappa shape index (κ3) is 3.63. The van der Waals surface area contributed by atoms with Crippen LogP contribution in [0.5, 0.6) is 11.5 Å². The highest BCUT2D eigenvalue weighted by molar-refractivity contribution is 7.14. The van der Waals surface area contributed by atoms with Gasteiger partial charge < -0.3 is 19.2 Å². The van der Waals surface area contributed by atoms with E-state index in [4.69, 9.17) is 13.9 Å². The molecule has 0 radical (unpaired) electrons. The number of carbonyl (C=O) groups excluding carboxylic acids is 1. The lowest BCUT2D eigenvalue weighted by Gasteiger charge is -2.06. The molecular weight excluding hydrogens is 378 g/mol. The highest BCUT2D eigenvalue weighted by atomic mass is 32.1. The van der Waals surface area contributed by atoms with Gasteiger partial charge in [0, 0.05) is 22.5 Å². The molecule has 0 saturated carbocycles.